The molecule has 0 radical (unpaired) electrons. The first kappa shape index (κ1) is 17.0. The molecule has 2 N–H and O–H groups in total. The van der Waals surface area contributed by atoms with Crippen molar-refractivity contribution in [2.24, 2.45) is 0 Å². The Labute approximate surface area is 118 Å². The van der Waals surface area contributed by atoms with Gasteiger partial charge in [-0.25, -0.2) is 4.79 Å². The van der Waals surface area contributed by atoms with Crippen molar-refractivity contribution < 1.29 is 32.6 Å². The van der Waals surface area contributed by atoms with Gasteiger partial charge in [-0.2, -0.15) is 13.2 Å². The van der Waals surface area contributed by atoms with Crippen molar-refractivity contribution in [3.8, 4) is 0 Å². The van der Waals surface area contributed by atoms with Crippen LogP contribution in [-0.4, -0.2) is 42.4 Å². The van der Waals surface area contributed by atoms with Gasteiger partial charge in [0.05, 0.1) is 12.2 Å². The van der Waals surface area contributed by atoms with Gasteiger partial charge in [0.1, 0.15) is 6.61 Å². The van der Waals surface area contributed by atoms with Crippen molar-refractivity contribution in [3.05, 3.63) is 35.4 Å². The normalized spacial score (nSPS) is 12.8. The molecule has 0 aliphatic rings. The molecule has 1 atom stereocenters. The Morgan fingerprint density at radius 3 is 2.52 bits per heavy atom. The van der Waals surface area contributed by atoms with E-state index in [1.165, 1.54) is 31.2 Å². The third-order valence-electron chi connectivity index (χ3n) is 2.38. The van der Waals surface area contributed by atoms with Crippen LogP contribution < -0.4 is 5.32 Å². The minimum Gasteiger partial charge on any atom is -0.478 e. The molecule has 1 aromatic rings. The third kappa shape index (κ3) is 6.26. The Morgan fingerprint density at radius 1 is 1.33 bits per heavy atom. The lowest BCUT2D eigenvalue weighted by Crippen LogP contribution is -2.36. The molecule has 1 unspecified atom stereocenters. The van der Waals surface area contributed by atoms with Crippen molar-refractivity contribution >= 4 is 11.9 Å². The van der Waals surface area contributed by atoms with Gasteiger partial charge in [0.25, 0.3) is 5.91 Å². The Hall–Kier alpha value is -2.09. The van der Waals surface area contributed by atoms with Crippen molar-refractivity contribution in [1.29, 1.82) is 0 Å². The van der Waals surface area contributed by atoms with Gasteiger partial charge >= 0.3 is 12.1 Å². The summed E-state index contributed by atoms with van der Waals surface area (Å²) in [6.45, 7) is -0.207. The Kier molecular flexibility index (Phi) is 5.71. The third-order valence-corrected chi connectivity index (χ3v) is 2.38. The highest BCUT2D eigenvalue weighted by molar-refractivity contribution is 5.97. The molecule has 5 nitrogen and oxygen atoms in total. The first-order valence-electron chi connectivity index (χ1n) is 5.98. The van der Waals surface area contributed by atoms with E-state index in [2.05, 4.69) is 10.1 Å². The number of hydrogen-bond acceptors (Lipinski definition) is 3. The van der Waals surface area contributed by atoms with E-state index in [4.69, 9.17) is 5.11 Å². The zero-order chi connectivity index (χ0) is 16.0. The van der Waals surface area contributed by atoms with Crippen LogP contribution in [0.5, 0.6) is 0 Å². The summed E-state index contributed by atoms with van der Waals surface area (Å²) < 4.78 is 40.1. The number of alkyl halides is 3. The summed E-state index contributed by atoms with van der Waals surface area (Å²) in [5, 5.41) is 11.2. The number of ether oxygens (including phenoxy) is 1. The van der Waals surface area contributed by atoms with Crippen LogP contribution in [0, 0.1) is 0 Å². The van der Waals surface area contributed by atoms with Crippen molar-refractivity contribution in [2.75, 3.05) is 13.2 Å². The highest BCUT2D eigenvalue weighted by atomic mass is 19.4. The van der Waals surface area contributed by atoms with E-state index in [1.807, 2.05) is 0 Å². The highest BCUT2D eigenvalue weighted by Gasteiger charge is 2.27. The second kappa shape index (κ2) is 7.07. The lowest BCUT2D eigenvalue weighted by Gasteiger charge is -2.15. The van der Waals surface area contributed by atoms with Crippen LogP contribution in [0.3, 0.4) is 0 Å². The lowest BCUT2D eigenvalue weighted by molar-refractivity contribution is -0.174. The molecule has 0 heterocycles. The van der Waals surface area contributed by atoms with Crippen molar-refractivity contribution in [2.45, 2.75) is 19.1 Å². The molecule has 21 heavy (non-hydrogen) atoms. The van der Waals surface area contributed by atoms with Crippen LogP contribution in [0.4, 0.5) is 13.2 Å². The van der Waals surface area contributed by atoms with Gasteiger partial charge in [-0.1, -0.05) is 6.07 Å². The molecule has 0 aliphatic heterocycles. The maximum atomic E-state index is 11.9. The van der Waals surface area contributed by atoms with E-state index in [-0.39, 0.29) is 17.7 Å². The lowest BCUT2D eigenvalue weighted by atomic mass is 10.1. The number of aromatic carboxylic acids is 1. The van der Waals surface area contributed by atoms with Gasteiger partial charge < -0.3 is 15.2 Å². The molecule has 0 saturated carbocycles. The molecule has 0 fully saturated rings. The summed E-state index contributed by atoms with van der Waals surface area (Å²) in [5.41, 5.74) is 0.0567. The van der Waals surface area contributed by atoms with Gasteiger partial charge in [0.2, 0.25) is 0 Å². The Balaban J connectivity index is 2.52. The van der Waals surface area contributed by atoms with Crippen LogP contribution >= 0.6 is 0 Å². The van der Waals surface area contributed by atoms with Crippen molar-refractivity contribution in [3.63, 3.8) is 0 Å². The van der Waals surface area contributed by atoms with Crippen LogP contribution in [0.1, 0.15) is 27.6 Å². The minimum atomic E-state index is -4.42. The number of amides is 1. The quantitative estimate of drug-likeness (QED) is 0.844. The summed E-state index contributed by atoms with van der Waals surface area (Å²) in [6, 6.07) is 4.68. The molecule has 1 amide bonds. The van der Waals surface area contributed by atoms with E-state index in [1.54, 1.807) is 0 Å². The number of carboxylic acid groups (broad SMARTS) is 1. The van der Waals surface area contributed by atoms with Gasteiger partial charge in [-0.15, -0.1) is 0 Å². The maximum Gasteiger partial charge on any atom is 0.411 e. The zero-order valence-corrected chi connectivity index (χ0v) is 11.1. The van der Waals surface area contributed by atoms with Crippen molar-refractivity contribution in [1.82, 2.24) is 5.32 Å². The van der Waals surface area contributed by atoms with Gasteiger partial charge in [-0.3, -0.25) is 4.79 Å². The number of carbonyl (C=O) groups is 2. The average Bonchev–Trinajstić information content (AvgIpc) is 2.37. The standard InChI is InChI=1S/C13H14F3NO4/c1-8(6-21-7-13(14,15)16)17-11(18)9-3-2-4-10(5-9)12(19)20/h2-5,8H,6-7H2,1H3,(H,17,18)(H,19,20). The molecule has 0 spiro atoms. The summed E-state index contributed by atoms with van der Waals surface area (Å²) >= 11 is 0. The highest BCUT2D eigenvalue weighted by Crippen LogP contribution is 2.14. The fourth-order valence-corrected chi connectivity index (χ4v) is 1.49. The van der Waals surface area contributed by atoms with E-state index >= 15 is 0 Å². The predicted molar refractivity (Wildman–Crippen MR) is 67.2 cm³/mol. The summed E-state index contributed by atoms with van der Waals surface area (Å²) in [5.74, 6) is -1.76. The molecule has 8 heteroatoms. The molecule has 0 aliphatic carbocycles. The molecule has 0 bridgehead atoms. The number of hydrogen-bond donors (Lipinski definition) is 2. The van der Waals surface area contributed by atoms with Crippen LogP contribution in [0.15, 0.2) is 24.3 Å². The molecule has 1 rings (SSSR count). The topological polar surface area (TPSA) is 75.6 Å². The van der Waals surface area contributed by atoms with E-state index < -0.39 is 30.7 Å². The Bertz CT molecular complexity index is 516. The number of benzene rings is 1. The largest absolute Gasteiger partial charge is 0.478 e. The Morgan fingerprint density at radius 2 is 1.95 bits per heavy atom. The number of nitrogens with one attached hydrogen (secondary N) is 1. The molecule has 1 aromatic carbocycles. The number of rotatable bonds is 6. The summed E-state index contributed by atoms with van der Waals surface area (Å²) in [4.78, 5) is 22.6. The van der Waals surface area contributed by atoms with Gasteiger partial charge in [-0.05, 0) is 25.1 Å². The van der Waals surface area contributed by atoms with Crippen LogP contribution in [0.2, 0.25) is 0 Å². The van der Waals surface area contributed by atoms with Gasteiger partial charge in [0, 0.05) is 11.6 Å². The molecule has 116 valence electrons. The van der Waals surface area contributed by atoms with E-state index in [0.29, 0.717) is 0 Å². The van der Waals surface area contributed by atoms with E-state index in [0.717, 1.165) is 0 Å². The fraction of sp³-hybridized carbons (Fsp3) is 0.385. The number of carbonyl (C=O) groups excluding carboxylic acids is 1. The first-order valence-corrected chi connectivity index (χ1v) is 5.98. The minimum absolute atomic E-state index is 0.0522. The molecule has 0 aromatic heterocycles. The smallest absolute Gasteiger partial charge is 0.411 e. The maximum absolute atomic E-state index is 11.9. The van der Waals surface area contributed by atoms with Gasteiger partial charge in [0.15, 0.2) is 0 Å². The molecule has 0 saturated heterocycles. The SMILES string of the molecule is CC(COCC(F)(F)F)NC(=O)c1cccc(C(=O)O)c1. The summed E-state index contributed by atoms with van der Waals surface area (Å²) in [7, 11) is 0. The fourth-order valence-electron chi connectivity index (χ4n) is 1.49. The van der Waals surface area contributed by atoms with Crippen LogP contribution in [-0.2, 0) is 4.74 Å². The second-order valence-corrected chi connectivity index (χ2v) is 4.39. The zero-order valence-electron chi connectivity index (χ0n) is 11.1. The predicted octanol–water partition coefficient (Wildman–Crippen LogP) is 2.08. The summed E-state index contributed by atoms with van der Waals surface area (Å²) in [6.07, 6.45) is -4.42. The second-order valence-electron chi connectivity index (χ2n) is 4.39. The van der Waals surface area contributed by atoms with E-state index in [9.17, 15) is 22.8 Å². The van der Waals surface area contributed by atoms with Crippen LogP contribution in [0.25, 0.3) is 0 Å². The first-order chi connectivity index (χ1) is 9.69. The number of carboxylic acids is 1. The average molecular weight is 305 g/mol. The number of halogens is 3. The molecular weight excluding hydrogens is 291 g/mol. The monoisotopic (exact) mass is 305 g/mol. The molecular formula is C13H14F3NO4.